The third-order valence-corrected chi connectivity index (χ3v) is 3.25. The number of halogens is 1. The predicted octanol–water partition coefficient (Wildman–Crippen LogP) is 3.46. The van der Waals surface area contributed by atoms with E-state index in [-0.39, 0.29) is 23.8 Å². The third-order valence-electron chi connectivity index (χ3n) is 2.72. The van der Waals surface area contributed by atoms with Crippen molar-refractivity contribution in [1.82, 2.24) is 5.32 Å². The van der Waals surface area contributed by atoms with Crippen LogP contribution < -0.4 is 5.32 Å². The fourth-order valence-electron chi connectivity index (χ4n) is 1.99. The number of hydrogen-bond donors (Lipinski definition) is 2. The quantitative estimate of drug-likeness (QED) is 0.861. The monoisotopic (exact) mass is 341 g/mol. The van der Waals surface area contributed by atoms with Gasteiger partial charge in [0.2, 0.25) is 0 Å². The number of aliphatic carboxylic acids is 1. The van der Waals surface area contributed by atoms with Crippen LogP contribution in [-0.4, -0.2) is 23.0 Å². The highest BCUT2D eigenvalue weighted by molar-refractivity contribution is 9.10. The number of carboxylic acids is 1. The van der Waals surface area contributed by atoms with Gasteiger partial charge in [-0.25, -0.2) is 0 Å². The molecule has 0 spiro atoms. The lowest BCUT2D eigenvalue weighted by Crippen LogP contribution is -2.39. The highest BCUT2D eigenvalue weighted by atomic mass is 79.9. The van der Waals surface area contributed by atoms with E-state index >= 15 is 0 Å². The number of amides is 1. The van der Waals surface area contributed by atoms with E-state index in [0.29, 0.717) is 12.0 Å². The van der Waals surface area contributed by atoms with Crippen LogP contribution in [0.1, 0.15) is 44.0 Å². The molecule has 0 aliphatic carbocycles. The Morgan fingerprint density at radius 2 is 1.80 bits per heavy atom. The van der Waals surface area contributed by atoms with Crippen molar-refractivity contribution in [2.75, 3.05) is 0 Å². The summed E-state index contributed by atoms with van der Waals surface area (Å²) >= 11 is 3.31. The van der Waals surface area contributed by atoms with Crippen LogP contribution in [0.15, 0.2) is 28.7 Å². The van der Waals surface area contributed by atoms with E-state index in [0.717, 1.165) is 4.47 Å². The molecule has 0 bridgehead atoms. The van der Waals surface area contributed by atoms with Gasteiger partial charge in [0, 0.05) is 16.1 Å². The number of benzene rings is 1. The zero-order chi connectivity index (χ0) is 15.3. The molecule has 0 heterocycles. The Balaban J connectivity index is 2.75. The van der Waals surface area contributed by atoms with E-state index < -0.39 is 5.97 Å². The molecule has 110 valence electrons. The summed E-state index contributed by atoms with van der Waals surface area (Å²) in [5, 5.41) is 11.7. The minimum absolute atomic E-state index is 0.0485. The molecule has 0 aliphatic heterocycles. The fourth-order valence-corrected chi connectivity index (χ4v) is 2.26. The van der Waals surface area contributed by atoms with Crippen LogP contribution in [0.25, 0.3) is 0 Å². The zero-order valence-corrected chi connectivity index (χ0v) is 13.5. The van der Waals surface area contributed by atoms with Gasteiger partial charge >= 0.3 is 5.97 Å². The highest BCUT2D eigenvalue weighted by Crippen LogP contribution is 2.22. The van der Waals surface area contributed by atoms with Gasteiger partial charge in [0.15, 0.2) is 0 Å². The highest BCUT2D eigenvalue weighted by Gasteiger charge is 2.23. The largest absolute Gasteiger partial charge is 0.481 e. The number of rotatable bonds is 5. The van der Waals surface area contributed by atoms with Gasteiger partial charge in [0.25, 0.3) is 5.91 Å². The average Bonchev–Trinajstić information content (AvgIpc) is 2.26. The summed E-state index contributed by atoms with van der Waals surface area (Å²) in [4.78, 5) is 23.0. The first-order chi connectivity index (χ1) is 9.17. The number of carbonyl (C=O) groups is 2. The molecule has 1 atom stereocenters. The average molecular weight is 342 g/mol. The fraction of sp³-hybridized carbons (Fsp3) is 0.467. The summed E-state index contributed by atoms with van der Waals surface area (Å²) in [6.45, 7) is 6.06. The van der Waals surface area contributed by atoms with E-state index in [1.165, 1.54) is 0 Å². The zero-order valence-electron chi connectivity index (χ0n) is 11.9. The van der Waals surface area contributed by atoms with Gasteiger partial charge in [0.05, 0.1) is 6.42 Å². The summed E-state index contributed by atoms with van der Waals surface area (Å²) in [5.74, 6) is -1.15. The molecule has 0 saturated carbocycles. The van der Waals surface area contributed by atoms with Crippen molar-refractivity contribution in [3.05, 3.63) is 34.3 Å². The Morgan fingerprint density at radius 1 is 1.25 bits per heavy atom. The van der Waals surface area contributed by atoms with E-state index in [2.05, 4.69) is 21.2 Å². The smallest absolute Gasteiger partial charge is 0.305 e. The predicted molar refractivity (Wildman–Crippen MR) is 81.7 cm³/mol. The Labute approximate surface area is 127 Å². The molecule has 20 heavy (non-hydrogen) atoms. The third kappa shape index (κ3) is 6.19. The van der Waals surface area contributed by atoms with E-state index in [1.54, 1.807) is 24.3 Å². The molecule has 0 saturated heterocycles. The van der Waals surface area contributed by atoms with E-state index in [9.17, 15) is 9.59 Å². The molecule has 1 aromatic rings. The second-order valence-corrected chi connectivity index (χ2v) is 6.96. The molecule has 1 amide bonds. The first kappa shape index (κ1) is 16.7. The molecule has 2 N–H and O–H groups in total. The van der Waals surface area contributed by atoms with Crippen LogP contribution in [0.5, 0.6) is 0 Å². The van der Waals surface area contributed by atoms with Crippen molar-refractivity contribution in [2.45, 2.75) is 39.7 Å². The van der Waals surface area contributed by atoms with Gasteiger partial charge in [0.1, 0.15) is 0 Å². The summed E-state index contributed by atoms with van der Waals surface area (Å²) < 4.78 is 0.894. The first-order valence-corrected chi connectivity index (χ1v) is 7.25. The van der Waals surface area contributed by atoms with Crippen LogP contribution in [0.4, 0.5) is 0 Å². The summed E-state index contributed by atoms with van der Waals surface area (Å²) in [5.41, 5.74) is 0.477. The SMILES string of the molecule is CC(C)(C)CC(CC(=O)O)NC(=O)c1ccc(Br)cc1. The second kappa shape index (κ2) is 6.88. The van der Waals surface area contributed by atoms with Crippen LogP contribution in [0, 0.1) is 5.41 Å². The summed E-state index contributed by atoms with van der Waals surface area (Å²) in [7, 11) is 0. The van der Waals surface area contributed by atoms with Gasteiger partial charge in [-0.2, -0.15) is 0 Å². The Hall–Kier alpha value is -1.36. The summed E-state index contributed by atoms with van der Waals surface area (Å²) in [6.07, 6.45) is 0.543. The van der Waals surface area contributed by atoms with Crippen molar-refractivity contribution < 1.29 is 14.7 Å². The minimum Gasteiger partial charge on any atom is -0.481 e. The molecule has 0 aliphatic rings. The van der Waals surface area contributed by atoms with Crippen molar-refractivity contribution in [3.63, 3.8) is 0 Å². The molecule has 0 fully saturated rings. The maximum Gasteiger partial charge on any atom is 0.305 e. The number of hydrogen-bond acceptors (Lipinski definition) is 2. The molecular formula is C15H20BrNO3. The van der Waals surface area contributed by atoms with Crippen molar-refractivity contribution in [2.24, 2.45) is 5.41 Å². The number of carbonyl (C=O) groups excluding carboxylic acids is 1. The standard InChI is InChI=1S/C15H20BrNO3/c1-15(2,3)9-12(8-13(18)19)17-14(20)10-4-6-11(16)7-5-10/h4-7,12H,8-9H2,1-3H3,(H,17,20)(H,18,19). The van der Waals surface area contributed by atoms with E-state index in [4.69, 9.17) is 5.11 Å². The Bertz CT molecular complexity index is 477. The van der Waals surface area contributed by atoms with Gasteiger partial charge in [-0.3, -0.25) is 9.59 Å². The minimum atomic E-state index is -0.907. The van der Waals surface area contributed by atoms with Gasteiger partial charge in [-0.15, -0.1) is 0 Å². The lowest BCUT2D eigenvalue weighted by atomic mass is 9.87. The molecule has 0 aromatic heterocycles. The summed E-state index contributed by atoms with van der Waals surface area (Å²) in [6, 6.07) is 6.60. The van der Waals surface area contributed by atoms with Crippen LogP contribution in [0.3, 0.4) is 0 Å². The molecule has 0 radical (unpaired) electrons. The van der Waals surface area contributed by atoms with E-state index in [1.807, 2.05) is 20.8 Å². The van der Waals surface area contributed by atoms with Crippen molar-refractivity contribution >= 4 is 27.8 Å². The lowest BCUT2D eigenvalue weighted by molar-refractivity contribution is -0.137. The maximum absolute atomic E-state index is 12.1. The first-order valence-electron chi connectivity index (χ1n) is 6.45. The molecule has 1 rings (SSSR count). The molecule has 4 nitrogen and oxygen atoms in total. The van der Waals surface area contributed by atoms with Crippen molar-refractivity contribution in [1.29, 1.82) is 0 Å². The second-order valence-electron chi connectivity index (χ2n) is 6.04. The number of nitrogens with one attached hydrogen (secondary N) is 1. The molecular weight excluding hydrogens is 322 g/mol. The van der Waals surface area contributed by atoms with Gasteiger partial charge in [-0.05, 0) is 36.1 Å². The molecule has 5 heteroatoms. The van der Waals surface area contributed by atoms with Crippen LogP contribution in [0.2, 0.25) is 0 Å². The maximum atomic E-state index is 12.1. The number of carboxylic acid groups (broad SMARTS) is 1. The van der Waals surface area contributed by atoms with Crippen LogP contribution >= 0.6 is 15.9 Å². The van der Waals surface area contributed by atoms with Gasteiger partial charge in [-0.1, -0.05) is 36.7 Å². The lowest BCUT2D eigenvalue weighted by Gasteiger charge is -2.25. The van der Waals surface area contributed by atoms with Crippen LogP contribution in [-0.2, 0) is 4.79 Å². The van der Waals surface area contributed by atoms with Gasteiger partial charge < -0.3 is 10.4 Å². The molecule has 1 aromatic carbocycles. The molecule has 1 unspecified atom stereocenters. The Morgan fingerprint density at radius 3 is 2.25 bits per heavy atom. The van der Waals surface area contributed by atoms with Crippen molar-refractivity contribution in [3.8, 4) is 0 Å². The Kier molecular flexibility index (Phi) is 5.74. The normalized spacial score (nSPS) is 12.8. The topological polar surface area (TPSA) is 66.4 Å².